The highest BCUT2D eigenvalue weighted by Crippen LogP contribution is 2.15. The first-order valence-electron chi connectivity index (χ1n) is 5.93. The van der Waals surface area contributed by atoms with Gasteiger partial charge < -0.3 is 9.30 Å². The minimum absolute atomic E-state index is 0.149. The third kappa shape index (κ3) is 3.58. The van der Waals surface area contributed by atoms with Crippen LogP contribution in [0, 0.1) is 0 Å². The van der Waals surface area contributed by atoms with E-state index in [1.54, 1.807) is 17.7 Å². The van der Waals surface area contributed by atoms with Crippen LogP contribution in [0.5, 0.6) is 5.75 Å². The molecule has 0 atom stereocenters. The van der Waals surface area contributed by atoms with E-state index in [1.807, 2.05) is 31.3 Å². The number of hydrogen-bond acceptors (Lipinski definition) is 3. The molecule has 0 fully saturated rings. The lowest BCUT2D eigenvalue weighted by molar-refractivity contribution is -0.116. The predicted octanol–water partition coefficient (Wildman–Crippen LogP) is 2.78. The van der Waals surface area contributed by atoms with Crippen molar-refractivity contribution in [2.24, 2.45) is 7.05 Å². The number of halogens is 1. The van der Waals surface area contributed by atoms with Gasteiger partial charge in [-0.3, -0.25) is 4.79 Å². The molecule has 4 nitrogen and oxygen atoms in total. The second-order valence-corrected chi connectivity index (χ2v) is 4.75. The fourth-order valence-corrected chi connectivity index (χ4v) is 1.84. The van der Waals surface area contributed by atoms with Crippen LogP contribution >= 0.6 is 11.6 Å². The average molecular weight is 279 g/mol. The molecule has 0 N–H and O–H groups in total. The first-order chi connectivity index (χ1) is 9.06. The van der Waals surface area contributed by atoms with Gasteiger partial charge in [0.15, 0.2) is 0 Å². The smallest absolute Gasteiger partial charge is 0.147 e. The minimum Gasteiger partial charge on any atom is -0.486 e. The van der Waals surface area contributed by atoms with Crippen molar-refractivity contribution in [3.05, 3.63) is 47.0 Å². The van der Waals surface area contributed by atoms with Crippen molar-refractivity contribution in [3.8, 4) is 5.75 Å². The van der Waals surface area contributed by atoms with E-state index in [9.17, 15) is 4.79 Å². The van der Waals surface area contributed by atoms with Crippen molar-refractivity contribution < 1.29 is 9.53 Å². The summed E-state index contributed by atoms with van der Waals surface area (Å²) in [6.45, 7) is 1.94. The molecule has 0 spiro atoms. The van der Waals surface area contributed by atoms with E-state index in [0.29, 0.717) is 18.2 Å². The van der Waals surface area contributed by atoms with E-state index >= 15 is 0 Å². The van der Waals surface area contributed by atoms with E-state index in [1.165, 1.54) is 0 Å². The summed E-state index contributed by atoms with van der Waals surface area (Å²) in [6.07, 6.45) is 2.05. The van der Waals surface area contributed by atoms with Crippen LogP contribution in [0.3, 0.4) is 0 Å². The normalized spacial score (nSPS) is 10.5. The first-order valence-corrected chi connectivity index (χ1v) is 6.31. The van der Waals surface area contributed by atoms with Gasteiger partial charge in [-0.1, -0.05) is 23.7 Å². The molecule has 2 aromatic rings. The fourth-order valence-electron chi connectivity index (χ4n) is 1.70. The van der Waals surface area contributed by atoms with Gasteiger partial charge >= 0.3 is 0 Å². The zero-order valence-corrected chi connectivity index (χ0v) is 11.6. The number of imidazole rings is 1. The van der Waals surface area contributed by atoms with Gasteiger partial charge in [-0.25, -0.2) is 4.98 Å². The molecule has 2 rings (SSSR count). The maximum Gasteiger partial charge on any atom is 0.147 e. The molecule has 0 aliphatic rings. The number of benzene rings is 1. The summed E-state index contributed by atoms with van der Waals surface area (Å²) in [7, 11) is 1.84. The molecule has 1 aromatic carbocycles. The highest BCUT2D eigenvalue weighted by Gasteiger charge is 2.05. The summed E-state index contributed by atoms with van der Waals surface area (Å²) >= 11 is 5.89. The standard InChI is InChI=1S/C14H15ClN2O2/c1-10(18)7-11-3-5-12(6-4-11)19-9-14-16-8-13(15)17(14)2/h3-6,8H,7,9H2,1-2H3. The molecule has 0 saturated carbocycles. The SMILES string of the molecule is CC(=O)Cc1ccc(OCc2ncc(Cl)n2C)cc1. The molecular weight excluding hydrogens is 264 g/mol. The van der Waals surface area contributed by atoms with Crippen molar-refractivity contribution in [2.75, 3.05) is 0 Å². The maximum atomic E-state index is 11.0. The predicted molar refractivity (Wildman–Crippen MR) is 73.4 cm³/mol. The van der Waals surface area contributed by atoms with Crippen LogP contribution < -0.4 is 4.74 Å². The van der Waals surface area contributed by atoms with Crippen LogP contribution in [-0.2, 0) is 24.9 Å². The molecule has 1 heterocycles. The van der Waals surface area contributed by atoms with Crippen LogP contribution in [0.1, 0.15) is 18.3 Å². The summed E-state index contributed by atoms with van der Waals surface area (Å²) in [5, 5.41) is 0.579. The lowest BCUT2D eigenvalue weighted by Crippen LogP contribution is -2.03. The van der Waals surface area contributed by atoms with Crippen molar-refractivity contribution >= 4 is 17.4 Å². The highest BCUT2D eigenvalue weighted by atomic mass is 35.5. The molecular formula is C14H15ClN2O2. The van der Waals surface area contributed by atoms with Crippen LogP contribution in [0.25, 0.3) is 0 Å². The molecule has 0 radical (unpaired) electrons. The Hall–Kier alpha value is -1.81. The fraction of sp³-hybridized carbons (Fsp3) is 0.286. The number of rotatable bonds is 5. The van der Waals surface area contributed by atoms with Crippen LogP contribution in [0.4, 0.5) is 0 Å². The zero-order chi connectivity index (χ0) is 13.8. The van der Waals surface area contributed by atoms with E-state index < -0.39 is 0 Å². The van der Waals surface area contributed by atoms with E-state index in [-0.39, 0.29) is 5.78 Å². The van der Waals surface area contributed by atoms with Gasteiger partial charge in [0.05, 0.1) is 6.20 Å². The zero-order valence-electron chi connectivity index (χ0n) is 10.9. The molecule has 5 heteroatoms. The minimum atomic E-state index is 0.149. The largest absolute Gasteiger partial charge is 0.486 e. The summed E-state index contributed by atoms with van der Waals surface area (Å²) in [5.74, 6) is 1.65. The lowest BCUT2D eigenvalue weighted by Gasteiger charge is -2.07. The molecule has 0 bridgehead atoms. The Morgan fingerprint density at radius 2 is 2.05 bits per heavy atom. The Labute approximate surface area is 117 Å². The van der Waals surface area contributed by atoms with Gasteiger partial charge in [-0.2, -0.15) is 0 Å². The van der Waals surface area contributed by atoms with Gasteiger partial charge in [0, 0.05) is 13.5 Å². The third-order valence-electron chi connectivity index (χ3n) is 2.77. The number of ketones is 1. The highest BCUT2D eigenvalue weighted by molar-refractivity contribution is 6.29. The molecule has 0 saturated heterocycles. The number of ether oxygens (including phenoxy) is 1. The Morgan fingerprint density at radius 3 is 2.58 bits per heavy atom. The number of nitrogens with zero attached hydrogens (tertiary/aromatic N) is 2. The molecule has 1 aromatic heterocycles. The van der Waals surface area contributed by atoms with E-state index in [0.717, 1.165) is 17.1 Å². The Morgan fingerprint density at radius 1 is 1.37 bits per heavy atom. The second-order valence-electron chi connectivity index (χ2n) is 4.37. The third-order valence-corrected chi connectivity index (χ3v) is 3.12. The summed E-state index contributed by atoms with van der Waals surface area (Å²) in [5.41, 5.74) is 0.986. The van der Waals surface area contributed by atoms with Gasteiger partial charge in [0.2, 0.25) is 0 Å². The average Bonchev–Trinajstić information content (AvgIpc) is 2.69. The molecule has 0 aliphatic carbocycles. The van der Waals surface area contributed by atoms with Gasteiger partial charge in [-0.15, -0.1) is 0 Å². The van der Waals surface area contributed by atoms with Crippen molar-refractivity contribution in [2.45, 2.75) is 20.0 Å². The van der Waals surface area contributed by atoms with Crippen molar-refractivity contribution in [3.63, 3.8) is 0 Å². The van der Waals surface area contributed by atoms with Gasteiger partial charge in [0.25, 0.3) is 0 Å². The Bertz CT molecular complexity index is 576. The second kappa shape index (κ2) is 5.89. The monoisotopic (exact) mass is 278 g/mol. The first kappa shape index (κ1) is 13.6. The van der Waals surface area contributed by atoms with Crippen LogP contribution in [0.2, 0.25) is 5.15 Å². The number of Topliss-reactive ketones (excluding diaryl/α,β-unsaturated/α-hetero) is 1. The number of aromatic nitrogens is 2. The number of carbonyl (C=O) groups excluding carboxylic acids is 1. The summed E-state index contributed by atoms with van der Waals surface area (Å²) in [4.78, 5) is 15.1. The van der Waals surface area contributed by atoms with Gasteiger partial charge in [0.1, 0.15) is 29.1 Å². The molecule has 0 amide bonds. The molecule has 0 unspecified atom stereocenters. The van der Waals surface area contributed by atoms with Crippen molar-refractivity contribution in [1.82, 2.24) is 9.55 Å². The van der Waals surface area contributed by atoms with Crippen molar-refractivity contribution in [1.29, 1.82) is 0 Å². The van der Waals surface area contributed by atoms with Crippen LogP contribution in [0.15, 0.2) is 30.5 Å². The molecule has 100 valence electrons. The Kier molecular flexibility index (Phi) is 4.22. The maximum absolute atomic E-state index is 11.0. The topological polar surface area (TPSA) is 44.1 Å². The lowest BCUT2D eigenvalue weighted by atomic mass is 10.1. The van der Waals surface area contributed by atoms with Gasteiger partial charge in [-0.05, 0) is 24.6 Å². The van der Waals surface area contributed by atoms with E-state index in [2.05, 4.69) is 4.98 Å². The van der Waals surface area contributed by atoms with E-state index in [4.69, 9.17) is 16.3 Å². The quantitative estimate of drug-likeness (QED) is 0.845. The Balaban J connectivity index is 1.96. The summed E-state index contributed by atoms with van der Waals surface area (Å²) < 4.78 is 7.39. The number of carbonyl (C=O) groups is 1. The number of hydrogen-bond donors (Lipinski definition) is 0. The molecule has 19 heavy (non-hydrogen) atoms. The summed E-state index contributed by atoms with van der Waals surface area (Å²) in [6, 6.07) is 7.48. The molecule has 0 aliphatic heterocycles. The van der Waals surface area contributed by atoms with Crippen LogP contribution in [-0.4, -0.2) is 15.3 Å².